The van der Waals surface area contributed by atoms with Crippen molar-refractivity contribution in [1.29, 1.82) is 0 Å². The lowest BCUT2D eigenvalue weighted by atomic mass is 9.85. The Bertz CT molecular complexity index is 1150. The second-order valence-electron chi connectivity index (χ2n) is 7.73. The minimum absolute atomic E-state index is 0.0844. The van der Waals surface area contributed by atoms with Gasteiger partial charge in [-0.3, -0.25) is 9.59 Å². The van der Waals surface area contributed by atoms with Crippen molar-refractivity contribution in [3.8, 4) is 11.4 Å². The van der Waals surface area contributed by atoms with Gasteiger partial charge in [0.1, 0.15) is 11.6 Å². The first-order chi connectivity index (χ1) is 14.9. The van der Waals surface area contributed by atoms with Crippen LogP contribution in [-0.4, -0.2) is 28.1 Å². The van der Waals surface area contributed by atoms with Crippen LogP contribution in [0.3, 0.4) is 0 Å². The average molecular weight is 438 g/mol. The van der Waals surface area contributed by atoms with Crippen molar-refractivity contribution in [3.63, 3.8) is 0 Å². The van der Waals surface area contributed by atoms with Gasteiger partial charge in [-0.05, 0) is 62.2 Å². The summed E-state index contributed by atoms with van der Waals surface area (Å²) in [6.45, 7) is 6.44. The number of hydrogen-bond donors (Lipinski definition) is 1. The third kappa shape index (κ3) is 4.08. The van der Waals surface area contributed by atoms with E-state index in [0.717, 1.165) is 29.0 Å². The van der Waals surface area contributed by atoms with E-state index < -0.39 is 5.92 Å². The minimum atomic E-state index is -0.596. The Hall–Kier alpha value is -3.12. The summed E-state index contributed by atoms with van der Waals surface area (Å²) in [6, 6.07) is 12.7. The third-order valence-corrected chi connectivity index (χ3v) is 5.84. The summed E-state index contributed by atoms with van der Waals surface area (Å²) in [5.74, 6) is 0.326. The van der Waals surface area contributed by atoms with Gasteiger partial charge < -0.3 is 10.1 Å². The van der Waals surface area contributed by atoms with Crippen LogP contribution in [0.2, 0.25) is 5.02 Å². The van der Waals surface area contributed by atoms with Gasteiger partial charge in [0.15, 0.2) is 5.78 Å². The normalized spacial score (nSPS) is 15.4. The Balaban J connectivity index is 1.70. The maximum atomic E-state index is 13.4. The fourth-order valence-electron chi connectivity index (χ4n) is 3.81. The number of hydrogen-bond acceptors (Lipinski definition) is 4. The maximum absolute atomic E-state index is 13.4. The number of nitrogens with one attached hydrogen (secondary N) is 1. The van der Waals surface area contributed by atoms with Gasteiger partial charge in [-0.15, -0.1) is 0 Å². The summed E-state index contributed by atoms with van der Waals surface area (Å²) in [4.78, 5) is 25.9. The number of Topliss-reactive ketones (excluding diaryl/α,β-unsaturated/α-hetero) is 1. The molecule has 0 saturated carbocycles. The Labute approximate surface area is 186 Å². The van der Waals surface area contributed by atoms with Crippen molar-refractivity contribution in [3.05, 3.63) is 69.9 Å². The number of ether oxygens (including phenoxy) is 1. The van der Waals surface area contributed by atoms with Crippen LogP contribution in [0.25, 0.3) is 5.69 Å². The zero-order valence-corrected chi connectivity index (χ0v) is 18.5. The Kier molecular flexibility index (Phi) is 5.83. The van der Waals surface area contributed by atoms with Gasteiger partial charge >= 0.3 is 0 Å². The van der Waals surface area contributed by atoms with Crippen molar-refractivity contribution in [2.24, 2.45) is 0 Å². The molecule has 3 aromatic rings. The number of halogens is 1. The van der Waals surface area contributed by atoms with E-state index in [-0.39, 0.29) is 18.1 Å². The predicted molar refractivity (Wildman–Crippen MR) is 121 cm³/mol. The molecule has 4 rings (SSSR count). The van der Waals surface area contributed by atoms with E-state index >= 15 is 0 Å². The minimum Gasteiger partial charge on any atom is -0.494 e. The zero-order valence-electron chi connectivity index (χ0n) is 17.7. The molecule has 0 aliphatic carbocycles. The van der Waals surface area contributed by atoms with E-state index in [1.54, 1.807) is 35.0 Å². The van der Waals surface area contributed by atoms with Crippen LogP contribution < -0.4 is 10.1 Å². The summed E-state index contributed by atoms with van der Waals surface area (Å²) < 4.78 is 7.25. The van der Waals surface area contributed by atoms with Gasteiger partial charge in [-0.25, -0.2) is 4.68 Å². The van der Waals surface area contributed by atoms with Crippen LogP contribution in [-0.2, 0) is 4.79 Å². The second-order valence-corrected chi connectivity index (χ2v) is 8.14. The van der Waals surface area contributed by atoms with Crippen molar-refractivity contribution in [2.45, 2.75) is 39.5 Å². The molecule has 7 heteroatoms. The number of amides is 1. The summed E-state index contributed by atoms with van der Waals surface area (Å²) in [7, 11) is 0. The molecule has 1 N–H and O–H groups in total. The van der Waals surface area contributed by atoms with E-state index in [4.69, 9.17) is 16.3 Å². The van der Waals surface area contributed by atoms with Gasteiger partial charge in [-0.2, -0.15) is 5.10 Å². The van der Waals surface area contributed by atoms with Gasteiger partial charge in [-0.1, -0.05) is 24.6 Å². The average Bonchev–Trinajstić information content (AvgIpc) is 3.09. The van der Waals surface area contributed by atoms with Crippen molar-refractivity contribution in [1.82, 2.24) is 9.78 Å². The summed E-state index contributed by atoms with van der Waals surface area (Å²) in [5.41, 5.74) is 3.66. The molecular formula is C24H24ClN3O3. The molecule has 31 heavy (non-hydrogen) atoms. The summed E-state index contributed by atoms with van der Waals surface area (Å²) in [5, 5.41) is 8.12. The summed E-state index contributed by atoms with van der Waals surface area (Å²) >= 11 is 6.29. The highest BCUT2D eigenvalue weighted by Crippen LogP contribution is 2.38. The van der Waals surface area contributed by atoms with E-state index in [9.17, 15) is 9.59 Å². The number of anilines is 1. The van der Waals surface area contributed by atoms with Crippen LogP contribution >= 0.6 is 11.6 Å². The lowest BCUT2D eigenvalue weighted by molar-refractivity contribution is -0.116. The number of nitrogens with zero attached hydrogens (tertiary/aromatic N) is 2. The highest BCUT2D eigenvalue weighted by Gasteiger charge is 2.36. The molecule has 2 heterocycles. The molecule has 6 nitrogen and oxygen atoms in total. The van der Waals surface area contributed by atoms with Crippen LogP contribution in [0.4, 0.5) is 5.82 Å². The molecule has 0 bridgehead atoms. The molecular weight excluding hydrogens is 414 g/mol. The molecule has 2 aromatic carbocycles. The molecule has 1 aliphatic rings. The lowest BCUT2D eigenvalue weighted by Gasteiger charge is -2.23. The molecule has 0 radical (unpaired) electrons. The number of carbonyl (C=O) groups excluding carboxylic acids is 2. The van der Waals surface area contributed by atoms with Crippen LogP contribution in [0.5, 0.6) is 5.75 Å². The standard InChI is InChI=1S/C24H24ClN3O3/c1-4-11-31-18-9-6-16(7-10-18)23(30)19-13-21(29)26-24-22(19)15(3)27-28(24)17-8-5-14(2)20(25)12-17/h5-10,12,19H,4,11,13H2,1-3H3,(H,26,29)/t19-/m1/s1. The molecule has 0 saturated heterocycles. The largest absolute Gasteiger partial charge is 0.494 e. The van der Waals surface area contributed by atoms with E-state index in [2.05, 4.69) is 10.4 Å². The monoisotopic (exact) mass is 437 g/mol. The predicted octanol–water partition coefficient (Wildman–Crippen LogP) is 5.24. The molecule has 0 unspecified atom stereocenters. The topological polar surface area (TPSA) is 73.2 Å². The fourth-order valence-corrected chi connectivity index (χ4v) is 3.98. The highest BCUT2D eigenvalue weighted by molar-refractivity contribution is 6.31. The molecule has 0 spiro atoms. The Morgan fingerprint density at radius 3 is 2.65 bits per heavy atom. The van der Waals surface area contributed by atoms with Gasteiger partial charge in [0, 0.05) is 22.6 Å². The Morgan fingerprint density at radius 2 is 1.97 bits per heavy atom. The number of aromatic nitrogens is 2. The lowest BCUT2D eigenvalue weighted by Crippen LogP contribution is -2.28. The fraction of sp³-hybridized carbons (Fsp3) is 0.292. The molecule has 160 valence electrons. The van der Waals surface area contributed by atoms with Gasteiger partial charge in [0.2, 0.25) is 5.91 Å². The number of rotatable bonds is 6. The number of benzene rings is 2. The highest BCUT2D eigenvalue weighted by atomic mass is 35.5. The SMILES string of the molecule is CCCOc1ccc(C(=O)[C@@H]2CC(=O)Nc3c2c(C)nn3-c2ccc(C)c(Cl)c2)cc1. The molecule has 1 atom stereocenters. The smallest absolute Gasteiger partial charge is 0.226 e. The van der Waals surface area contributed by atoms with Crippen molar-refractivity contribution >= 4 is 29.1 Å². The number of carbonyl (C=O) groups is 2. The molecule has 1 amide bonds. The first-order valence-corrected chi connectivity index (χ1v) is 10.7. The molecule has 1 aliphatic heterocycles. The van der Waals surface area contributed by atoms with Gasteiger partial charge in [0.05, 0.1) is 23.9 Å². The van der Waals surface area contributed by atoms with Crippen LogP contribution in [0, 0.1) is 13.8 Å². The van der Waals surface area contributed by atoms with Crippen LogP contribution in [0.1, 0.15) is 52.9 Å². The van der Waals surface area contributed by atoms with E-state index in [1.165, 1.54) is 0 Å². The quantitative estimate of drug-likeness (QED) is 0.535. The van der Waals surface area contributed by atoms with Crippen LogP contribution in [0.15, 0.2) is 42.5 Å². The maximum Gasteiger partial charge on any atom is 0.226 e. The number of fused-ring (bicyclic) bond motifs is 1. The summed E-state index contributed by atoms with van der Waals surface area (Å²) in [6.07, 6.45) is 0.997. The van der Waals surface area contributed by atoms with E-state index in [0.29, 0.717) is 28.7 Å². The second kappa shape index (κ2) is 8.55. The molecule has 1 aromatic heterocycles. The first kappa shape index (κ1) is 21.1. The Morgan fingerprint density at radius 1 is 1.23 bits per heavy atom. The zero-order chi connectivity index (χ0) is 22.1. The first-order valence-electron chi connectivity index (χ1n) is 10.3. The molecule has 0 fully saturated rings. The third-order valence-electron chi connectivity index (χ3n) is 5.43. The van der Waals surface area contributed by atoms with Gasteiger partial charge in [0.25, 0.3) is 0 Å². The van der Waals surface area contributed by atoms with E-state index in [1.807, 2.05) is 32.9 Å². The van der Waals surface area contributed by atoms with Crippen molar-refractivity contribution in [2.75, 3.05) is 11.9 Å². The number of ketones is 1. The van der Waals surface area contributed by atoms with Crippen molar-refractivity contribution < 1.29 is 14.3 Å². The number of aryl methyl sites for hydroxylation is 2.